The molecule has 6 N–H and O–H groups in total. The van der Waals surface area contributed by atoms with Gasteiger partial charge < -0.3 is 16.5 Å². The molecule has 5 nitrogen and oxygen atoms in total. The molecule has 1 aromatic heterocycles. The number of rotatable bonds is 2. The van der Waals surface area contributed by atoms with Gasteiger partial charge in [-0.3, -0.25) is 5.84 Å². The summed E-state index contributed by atoms with van der Waals surface area (Å²) in [7, 11) is 0. The van der Waals surface area contributed by atoms with Gasteiger partial charge in [0.05, 0.1) is 16.4 Å². The summed E-state index contributed by atoms with van der Waals surface area (Å²) in [6.07, 6.45) is 8.24. The molecule has 0 fully saturated rings. The highest BCUT2D eigenvalue weighted by atomic mass is 35.5. The van der Waals surface area contributed by atoms with E-state index in [-0.39, 0.29) is 5.41 Å². The van der Waals surface area contributed by atoms with Gasteiger partial charge >= 0.3 is 0 Å². The van der Waals surface area contributed by atoms with Crippen LogP contribution >= 0.6 is 11.6 Å². The van der Waals surface area contributed by atoms with E-state index in [0.717, 1.165) is 46.9 Å². The molecule has 1 aliphatic heterocycles. The second-order valence-electron chi connectivity index (χ2n) is 6.17. The number of halogens is 1. The monoisotopic (exact) mass is 327 g/mol. The number of pyridine rings is 1. The second-order valence-corrected chi connectivity index (χ2v) is 6.55. The molecule has 2 heterocycles. The third kappa shape index (κ3) is 2.08. The van der Waals surface area contributed by atoms with E-state index in [2.05, 4.69) is 27.9 Å². The Hall–Kier alpha value is -2.24. The number of nitrogen functional groups attached to an aromatic ring is 2. The highest BCUT2D eigenvalue weighted by Gasteiger charge is 2.42. The molecule has 0 atom stereocenters. The summed E-state index contributed by atoms with van der Waals surface area (Å²) in [6.45, 7) is 0.879. The summed E-state index contributed by atoms with van der Waals surface area (Å²) in [6, 6.07) is 5.66. The van der Waals surface area contributed by atoms with Crippen molar-refractivity contribution < 1.29 is 0 Å². The summed E-state index contributed by atoms with van der Waals surface area (Å²) in [5.41, 5.74) is 12.9. The van der Waals surface area contributed by atoms with Crippen molar-refractivity contribution in [3.8, 4) is 11.1 Å². The van der Waals surface area contributed by atoms with Crippen LogP contribution in [0.5, 0.6) is 0 Å². The molecule has 118 valence electrons. The molecule has 4 rings (SSSR count). The fraction of sp³-hybridized carbons (Fsp3) is 0.235. The summed E-state index contributed by atoms with van der Waals surface area (Å²) >= 11 is 6.80. The van der Waals surface area contributed by atoms with E-state index in [1.807, 2.05) is 18.2 Å². The molecule has 2 aromatic rings. The minimum Gasteiger partial charge on any atom is -0.397 e. The number of fused-ring (bicyclic) bond motifs is 2. The number of benzene rings is 1. The van der Waals surface area contributed by atoms with Gasteiger partial charge in [0.1, 0.15) is 5.82 Å². The van der Waals surface area contributed by atoms with Crippen LogP contribution in [0.2, 0.25) is 5.02 Å². The lowest BCUT2D eigenvalue weighted by Gasteiger charge is -2.24. The van der Waals surface area contributed by atoms with Crippen molar-refractivity contribution in [3.63, 3.8) is 0 Å². The number of nitrogens with zero attached hydrogens (tertiary/aromatic N) is 1. The summed E-state index contributed by atoms with van der Waals surface area (Å²) in [4.78, 5) is 4.58. The average Bonchev–Trinajstić information content (AvgIpc) is 3.17. The molecule has 0 unspecified atom stereocenters. The fourth-order valence-corrected chi connectivity index (χ4v) is 4.01. The zero-order valence-electron chi connectivity index (χ0n) is 12.6. The molecule has 1 aliphatic carbocycles. The molecule has 23 heavy (non-hydrogen) atoms. The van der Waals surface area contributed by atoms with E-state index in [0.29, 0.717) is 11.4 Å². The maximum atomic E-state index is 6.80. The van der Waals surface area contributed by atoms with E-state index >= 15 is 0 Å². The molecule has 0 saturated carbocycles. The quantitative estimate of drug-likeness (QED) is 0.294. The normalized spacial score (nSPS) is 17.3. The third-order valence-corrected chi connectivity index (χ3v) is 5.23. The topological polar surface area (TPSA) is 89.0 Å². The van der Waals surface area contributed by atoms with Crippen LogP contribution in [0.3, 0.4) is 0 Å². The first-order valence-electron chi connectivity index (χ1n) is 7.59. The van der Waals surface area contributed by atoms with Crippen molar-refractivity contribution in [1.82, 2.24) is 4.98 Å². The predicted molar refractivity (Wildman–Crippen MR) is 95.4 cm³/mol. The molecule has 0 radical (unpaired) electrons. The Balaban J connectivity index is 1.84. The largest absolute Gasteiger partial charge is 0.397 e. The Morgan fingerprint density at radius 2 is 2.04 bits per heavy atom. The molecular weight excluding hydrogens is 310 g/mol. The first kappa shape index (κ1) is 14.4. The van der Waals surface area contributed by atoms with E-state index in [9.17, 15) is 0 Å². The minimum absolute atomic E-state index is 0.0414. The lowest BCUT2D eigenvalue weighted by Crippen LogP contribution is -2.25. The summed E-state index contributed by atoms with van der Waals surface area (Å²) in [5, 5.41) is 4.16. The number of hydrogen-bond donors (Lipinski definition) is 4. The van der Waals surface area contributed by atoms with Crippen molar-refractivity contribution >= 4 is 28.8 Å². The van der Waals surface area contributed by atoms with Crippen molar-refractivity contribution in [1.29, 1.82) is 0 Å². The van der Waals surface area contributed by atoms with Crippen LogP contribution in [-0.4, -0.2) is 11.5 Å². The highest BCUT2D eigenvalue weighted by Crippen LogP contribution is 2.50. The maximum Gasteiger partial charge on any atom is 0.131 e. The summed E-state index contributed by atoms with van der Waals surface area (Å²) in [5.74, 6) is 6.34. The lowest BCUT2D eigenvalue weighted by atomic mass is 9.80. The number of hydrazine groups is 1. The van der Waals surface area contributed by atoms with Crippen LogP contribution in [0.25, 0.3) is 11.1 Å². The van der Waals surface area contributed by atoms with Gasteiger partial charge in [-0.15, -0.1) is 0 Å². The Bertz CT molecular complexity index is 807. The van der Waals surface area contributed by atoms with Crippen molar-refractivity contribution in [3.05, 3.63) is 47.1 Å². The van der Waals surface area contributed by atoms with E-state index < -0.39 is 0 Å². The maximum absolute atomic E-state index is 6.80. The van der Waals surface area contributed by atoms with E-state index in [1.165, 1.54) is 0 Å². The molecule has 6 heteroatoms. The number of nitrogens with one attached hydrogen (secondary N) is 2. The van der Waals surface area contributed by atoms with Crippen molar-refractivity contribution in [2.75, 3.05) is 23.0 Å². The fourth-order valence-electron chi connectivity index (χ4n) is 3.56. The SMILES string of the molecule is NNc1ccc(-c2cnc3c(c2Cl)C2(CC=CC2)CN3)cc1N. The van der Waals surface area contributed by atoms with Gasteiger partial charge in [-0.25, -0.2) is 4.98 Å². The molecule has 0 bridgehead atoms. The smallest absolute Gasteiger partial charge is 0.131 e. The summed E-state index contributed by atoms with van der Waals surface area (Å²) < 4.78 is 0. The van der Waals surface area contributed by atoms with Gasteiger partial charge in [0.15, 0.2) is 0 Å². The first-order valence-corrected chi connectivity index (χ1v) is 7.97. The van der Waals surface area contributed by atoms with Gasteiger partial charge in [0.2, 0.25) is 0 Å². The van der Waals surface area contributed by atoms with Crippen molar-refractivity contribution in [2.45, 2.75) is 18.3 Å². The highest BCUT2D eigenvalue weighted by molar-refractivity contribution is 6.34. The van der Waals surface area contributed by atoms with Gasteiger partial charge in [-0.2, -0.15) is 0 Å². The lowest BCUT2D eigenvalue weighted by molar-refractivity contribution is 0.509. The van der Waals surface area contributed by atoms with E-state index in [4.69, 9.17) is 23.2 Å². The van der Waals surface area contributed by atoms with Crippen LogP contribution in [0, 0.1) is 0 Å². The van der Waals surface area contributed by atoms with Crippen LogP contribution in [0.1, 0.15) is 18.4 Å². The van der Waals surface area contributed by atoms with Gasteiger partial charge in [0, 0.05) is 29.3 Å². The number of hydrogen-bond acceptors (Lipinski definition) is 5. The average molecular weight is 328 g/mol. The number of allylic oxidation sites excluding steroid dienone is 2. The Morgan fingerprint density at radius 3 is 2.74 bits per heavy atom. The minimum atomic E-state index is 0.0414. The Labute approximate surface area is 139 Å². The zero-order chi connectivity index (χ0) is 16.0. The predicted octanol–water partition coefficient (Wildman–Crippen LogP) is 3.28. The molecule has 1 aromatic carbocycles. The van der Waals surface area contributed by atoms with Crippen LogP contribution in [0.15, 0.2) is 36.5 Å². The standard InChI is InChI=1S/C17H18ClN5/c18-15-11(10-3-4-13(23-20)12(19)7-10)8-21-16-14(15)17(9-22-16)5-1-2-6-17/h1-4,7-8,23H,5-6,9,19-20H2,(H,21,22). The van der Waals surface area contributed by atoms with Crippen molar-refractivity contribution in [2.24, 2.45) is 5.84 Å². The van der Waals surface area contributed by atoms with Gasteiger partial charge in [0.25, 0.3) is 0 Å². The molecule has 0 amide bonds. The number of anilines is 3. The van der Waals surface area contributed by atoms with Crippen LogP contribution < -0.4 is 22.3 Å². The Kier molecular flexibility index (Phi) is 3.21. The number of nitrogens with two attached hydrogens (primary N) is 2. The molecule has 0 saturated heterocycles. The van der Waals surface area contributed by atoms with Crippen LogP contribution in [-0.2, 0) is 5.41 Å². The van der Waals surface area contributed by atoms with E-state index in [1.54, 1.807) is 6.20 Å². The zero-order valence-corrected chi connectivity index (χ0v) is 13.3. The third-order valence-electron chi connectivity index (χ3n) is 4.84. The number of aromatic nitrogens is 1. The van der Waals surface area contributed by atoms with Crippen LogP contribution in [0.4, 0.5) is 17.2 Å². The van der Waals surface area contributed by atoms with Gasteiger partial charge in [-0.1, -0.05) is 29.8 Å². The van der Waals surface area contributed by atoms with Gasteiger partial charge in [-0.05, 0) is 30.5 Å². The second kappa shape index (κ2) is 5.15. The molecular formula is C17H18ClN5. The molecule has 1 spiro atoms. The first-order chi connectivity index (χ1) is 11.1. The Morgan fingerprint density at radius 1 is 1.26 bits per heavy atom. The molecule has 2 aliphatic rings.